The Hall–Kier alpha value is -3.56. The van der Waals surface area contributed by atoms with E-state index in [0.717, 1.165) is 45.0 Å². The predicted molar refractivity (Wildman–Crippen MR) is 154 cm³/mol. The van der Waals surface area contributed by atoms with Crippen molar-refractivity contribution >= 4 is 28.1 Å². The molecule has 2 aromatic heterocycles. The second kappa shape index (κ2) is 9.57. The van der Waals surface area contributed by atoms with Gasteiger partial charge in [0.2, 0.25) is 0 Å². The van der Waals surface area contributed by atoms with Crippen LogP contribution in [0.15, 0.2) is 73.2 Å². The van der Waals surface area contributed by atoms with E-state index in [1.54, 1.807) is 18.6 Å². The van der Waals surface area contributed by atoms with Gasteiger partial charge in [0, 0.05) is 38.3 Å². The summed E-state index contributed by atoms with van der Waals surface area (Å²) in [5.41, 5.74) is 8.75. The number of rotatable bonds is 2. The van der Waals surface area contributed by atoms with E-state index in [1.807, 2.05) is 31.2 Å². The summed E-state index contributed by atoms with van der Waals surface area (Å²) >= 11 is 0. The topological polar surface area (TPSA) is 62.1 Å². The molecule has 1 N–H and O–H groups in total. The van der Waals surface area contributed by atoms with Crippen molar-refractivity contribution < 1.29 is 26.2 Å². The van der Waals surface area contributed by atoms with Gasteiger partial charge in [0.05, 0.1) is 0 Å². The van der Waals surface area contributed by atoms with Gasteiger partial charge in [-0.05, 0) is 64.0 Å². The monoisotopic (exact) mass is 694 g/mol. The van der Waals surface area contributed by atoms with Crippen molar-refractivity contribution in [3.05, 3.63) is 102 Å². The fourth-order valence-electron chi connectivity index (χ4n) is 5.44. The van der Waals surface area contributed by atoms with E-state index in [0.29, 0.717) is 5.52 Å². The number of aryl methyl sites for hydroxylation is 1. The molecule has 6 heteroatoms. The van der Waals surface area contributed by atoms with Gasteiger partial charge in [0.15, 0.2) is 0 Å². The zero-order chi connectivity index (χ0) is 26.8. The minimum atomic E-state index is -0.244. The summed E-state index contributed by atoms with van der Waals surface area (Å²) in [5, 5.41) is 11.5. The first kappa shape index (κ1) is 27.0. The molecule has 0 saturated heterocycles. The van der Waals surface area contributed by atoms with Crippen LogP contribution >= 0.6 is 0 Å². The van der Waals surface area contributed by atoms with Crippen molar-refractivity contribution in [1.29, 1.82) is 0 Å². The van der Waals surface area contributed by atoms with E-state index >= 15 is 0 Å². The molecule has 5 aromatic rings. The standard InChI is InChI=1S/C33H31N4O.Pt/c1-20-7-14-29(38)31-23(20)10-13-26(36-31)21-8-11-24-27(17-21)37(30-15-16-34-19-35-30)28-18-22(32(2,3)4)9-12-25(28)33(24,5)6;/h7-16,18-19,38H,1-6H3;/q-1;. The van der Waals surface area contributed by atoms with Crippen LogP contribution in [0.1, 0.15) is 56.9 Å². The van der Waals surface area contributed by atoms with Crippen molar-refractivity contribution in [2.24, 2.45) is 0 Å². The second-order valence-corrected chi connectivity index (χ2v) is 11.6. The van der Waals surface area contributed by atoms with Crippen molar-refractivity contribution in [2.45, 2.75) is 52.4 Å². The van der Waals surface area contributed by atoms with Crippen LogP contribution in [0.5, 0.6) is 5.75 Å². The van der Waals surface area contributed by atoms with Gasteiger partial charge in [-0.3, -0.25) is 4.98 Å². The zero-order valence-corrected chi connectivity index (χ0v) is 25.3. The molecule has 0 atom stereocenters. The van der Waals surface area contributed by atoms with Crippen LogP contribution in [0, 0.1) is 13.0 Å². The first-order chi connectivity index (χ1) is 18.1. The van der Waals surface area contributed by atoms with Crippen molar-refractivity contribution in [3.63, 3.8) is 0 Å². The number of benzene rings is 3. The maximum absolute atomic E-state index is 10.5. The van der Waals surface area contributed by atoms with Crippen molar-refractivity contribution in [1.82, 2.24) is 15.0 Å². The van der Waals surface area contributed by atoms with Gasteiger partial charge in [0.1, 0.15) is 23.4 Å². The summed E-state index contributed by atoms with van der Waals surface area (Å²) in [7, 11) is 0. The van der Waals surface area contributed by atoms with Gasteiger partial charge in [-0.2, -0.15) is 0 Å². The molecule has 0 spiro atoms. The molecule has 0 bridgehead atoms. The van der Waals surface area contributed by atoms with Crippen molar-refractivity contribution in [2.75, 3.05) is 4.90 Å². The molecule has 0 saturated carbocycles. The minimum Gasteiger partial charge on any atom is -0.506 e. The van der Waals surface area contributed by atoms with Gasteiger partial charge in [-0.1, -0.05) is 70.5 Å². The second-order valence-electron chi connectivity index (χ2n) is 11.6. The molecule has 6 rings (SSSR count). The molecule has 0 unspecified atom stereocenters. The quantitative estimate of drug-likeness (QED) is 0.191. The Balaban J connectivity index is 0.00000308. The van der Waals surface area contributed by atoms with Crippen LogP contribution in [0.2, 0.25) is 0 Å². The summed E-state index contributed by atoms with van der Waals surface area (Å²) in [6, 6.07) is 24.3. The van der Waals surface area contributed by atoms with Crippen LogP contribution < -0.4 is 4.90 Å². The molecule has 0 aliphatic carbocycles. The third-order valence-electron chi connectivity index (χ3n) is 7.73. The summed E-state index contributed by atoms with van der Waals surface area (Å²) in [4.78, 5) is 15.9. The van der Waals surface area contributed by atoms with Crippen LogP contribution in [0.25, 0.3) is 22.2 Å². The average Bonchev–Trinajstić information content (AvgIpc) is 2.90. The Morgan fingerprint density at radius 3 is 2.41 bits per heavy atom. The number of phenolic OH excluding ortho intramolecular Hbond substituents is 1. The normalized spacial score (nSPS) is 13.9. The summed E-state index contributed by atoms with van der Waals surface area (Å²) < 4.78 is 0. The van der Waals surface area contributed by atoms with E-state index in [4.69, 9.17) is 4.98 Å². The van der Waals surface area contributed by atoms with Gasteiger partial charge < -0.3 is 10.0 Å². The van der Waals surface area contributed by atoms with Crippen LogP contribution in [-0.2, 0) is 31.9 Å². The van der Waals surface area contributed by atoms with Gasteiger partial charge >= 0.3 is 0 Å². The molecule has 1 aliphatic rings. The van der Waals surface area contributed by atoms with E-state index in [1.165, 1.54) is 11.1 Å². The third-order valence-corrected chi connectivity index (χ3v) is 7.73. The van der Waals surface area contributed by atoms with E-state index in [2.05, 4.69) is 85.9 Å². The van der Waals surface area contributed by atoms with Gasteiger partial charge in [0.25, 0.3) is 0 Å². The van der Waals surface area contributed by atoms with Crippen LogP contribution in [0.4, 0.5) is 17.2 Å². The number of fused-ring (bicyclic) bond motifs is 3. The van der Waals surface area contributed by atoms with Gasteiger partial charge in [-0.15, -0.1) is 23.8 Å². The zero-order valence-electron chi connectivity index (χ0n) is 23.0. The molecule has 39 heavy (non-hydrogen) atoms. The maximum atomic E-state index is 10.5. The Bertz CT molecular complexity index is 1710. The minimum absolute atomic E-state index is 0. The fraction of sp³-hybridized carbons (Fsp3) is 0.242. The summed E-state index contributed by atoms with van der Waals surface area (Å²) in [6.07, 6.45) is 3.36. The molecular formula is C33H31N4OPt-. The number of hydrogen-bond donors (Lipinski definition) is 1. The van der Waals surface area contributed by atoms with Gasteiger partial charge in [-0.25, -0.2) is 9.97 Å². The molecule has 3 aromatic carbocycles. The van der Waals surface area contributed by atoms with E-state index in [-0.39, 0.29) is 37.6 Å². The molecule has 0 amide bonds. The largest absolute Gasteiger partial charge is 0.506 e. The molecule has 0 fully saturated rings. The first-order valence-corrected chi connectivity index (χ1v) is 12.9. The Morgan fingerprint density at radius 2 is 1.69 bits per heavy atom. The Morgan fingerprint density at radius 1 is 0.923 bits per heavy atom. The number of phenols is 1. The molecule has 3 heterocycles. The number of aromatic hydroxyl groups is 1. The molecule has 5 nitrogen and oxygen atoms in total. The smallest absolute Gasteiger partial charge is 0.140 e. The number of anilines is 3. The average molecular weight is 695 g/mol. The Kier molecular flexibility index (Phi) is 6.63. The summed E-state index contributed by atoms with van der Waals surface area (Å²) in [6.45, 7) is 13.3. The number of nitrogens with zero attached hydrogens (tertiary/aromatic N) is 4. The predicted octanol–water partition coefficient (Wildman–Crippen LogP) is 7.91. The molecule has 200 valence electrons. The fourth-order valence-corrected chi connectivity index (χ4v) is 5.44. The number of aromatic nitrogens is 3. The van der Waals surface area contributed by atoms with E-state index < -0.39 is 0 Å². The molecular weight excluding hydrogens is 663 g/mol. The SMILES string of the molecule is Cc1ccc(O)c2nc(-c3[c-]c4c(cc3)C(C)(C)c3ccc(C(C)(C)C)cc3N4c3ccncn3)ccc12.[Pt]. The molecule has 1 aliphatic heterocycles. The Labute approximate surface area is 244 Å². The third kappa shape index (κ3) is 4.43. The number of pyridine rings is 1. The number of hydrogen-bond acceptors (Lipinski definition) is 5. The first-order valence-electron chi connectivity index (χ1n) is 12.9. The molecule has 0 radical (unpaired) electrons. The van der Waals surface area contributed by atoms with E-state index in [9.17, 15) is 5.11 Å². The van der Waals surface area contributed by atoms with Crippen molar-refractivity contribution in [3.8, 4) is 17.0 Å². The maximum Gasteiger partial charge on any atom is 0.140 e. The van der Waals surface area contributed by atoms with Crippen LogP contribution in [-0.4, -0.2) is 20.1 Å². The summed E-state index contributed by atoms with van der Waals surface area (Å²) in [5.74, 6) is 0.968. The van der Waals surface area contributed by atoms with Crippen LogP contribution in [0.3, 0.4) is 0 Å².